The zero-order valence-corrected chi connectivity index (χ0v) is 8.60. The summed E-state index contributed by atoms with van der Waals surface area (Å²) < 4.78 is 5.33. The Balaban J connectivity index is 2.59. The van der Waals surface area contributed by atoms with Gasteiger partial charge in [-0.15, -0.1) is 0 Å². The standard InChI is InChI=1S/C12H10O4/c1-7-5-10(12(14)15)11(16-7)8-3-2-4-9(13)6-8/h2-6,13H,1H3,(H,14,15). The Morgan fingerprint density at radius 3 is 2.69 bits per heavy atom. The van der Waals surface area contributed by atoms with Crippen molar-refractivity contribution in [1.29, 1.82) is 0 Å². The van der Waals surface area contributed by atoms with Crippen molar-refractivity contribution in [2.24, 2.45) is 0 Å². The molecule has 4 nitrogen and oxygen atoms in total. The monoisotopic (exact) mass is 218 g/mol. The van der Waals surface area contributed by atoms with E-state index in [1.807, 2.05) is 0 Å². The van der Waals surface area contributed by atoms with Crippen molar-refractivity contribution in [2.45, 2.75) is 6.92 Å². The number of phenols is 1. The van der Waals surface area contributed by atoms with E-state index in [4.69, 9.17) is 9.52 Å². The first-order valence-electron chi connectivity index (χ1n) is 4.71. The van der Waals surface area contributed by atoms with E-state index in [2.05, 4.69) is 0 Å². The maximum Gasteiger partial charge on any atom is 0.339 e. The average molecular weight is 218 g/mol. The molecular weight excluding hydrogens is 208 g/mol. The molecule has 16 heavy (non-hydrogen) atoms. The summed E-state index contributed by atoms with van der Waals surface area (Å²) in [7, 11) is 0. The number of carbonyl (C=O) groups is 1. The molecule has 2 aromatic rings. The second-order valence-corrected chi connectivity index (χ2v) is 3.46. The van der Waals surface area contributed by atoms with Gasteiger partial charge in [0.25, 0.3) is 0 Å². The zero-order valence-electron chi connectivity index (χ0n) is 8.60. The summed E-state index contributed by atoms with van der Waals surface area (Å²) in [5.41, 5.74) is 0.647. The molecule has 1 aromatic carbocycles. The van der Waals surface area contributed by atoms with Crippen LogP contribution < -0.4 is 0 Å². The van der Waals surface area contributed by atoms with Gasteiger partial charge in [-0.1, -0.05) is 12.1 Å². The number of benzene rings is 1. The second kappa shape index (κ2) is 3.73. The van der Waals surface area contributed by atoms with Crippen LogP contribution in [0.15, 0.2) is 34.7 Å². The first-order chi connectivity index (χ1) is 7.58. The van der Waals surface area contributed by atoms with E-state index in [1.54, 1.807) is 19.1 Å². The van der Waals surface area contributed by atoms with Crippen LogP contribution in [0.3, 0.4) is 0 Å². The molecule has 0 spiro atoms. The predicted octanol–water partition coefficient (Wildman–Crippen LogP) is 2.66. The molecule has 0 saturated heterocycles. The molecule has 4 heteroatoms. The lowest BCUT2D eigenvalue weighted by atomic mass is 10.1. The van der Waals surface area contributed by atoms with Gasteiger partial charge in [-0.3, -0.25) is 0 Å². The minimum absolute atomic E-state index is 0.0721. The number of hydrogen-bond donors (Lipinski definition) is 2. The van der Waals surface area contributed by atoms with Crippen LogP contribution >= 0.6 is 0 Å². The summed E-state index contributed by atoms with van der Waals surface area (Å²) in [5.74, 6) is -0.185. The molecule has 0 radical (unpaired) electrons. The highest BCUT2D eigenvalue weighted by Gasteiger charge is 2.17. The lowest BCUT2D eigenvalue weighted by Gasteiger charge is -1.99. The van der Waals surface area contributed by atoms with Crippen LogP contribution in [0.25, 0.3) is 11.3 Å². The summed E-state index contributed by atoms with van der Waals surface area (Å²) in [6, 6.07) is 7.75. The fourth-order valence-electron chi connectivity index (χ4n) is 1.53. The van der Waals surface area contributed by atoms with Gasteiger partial charge in [0.1, 0.15) is 22.8 Å². The molecular formula is C12H10O4. The second-order valence-electron chi connectivity index (χ2n) is 3.46. The van der Waals surface area contributed by atoms with Crippen LogP contribution in [0.2, 0.25) is 0 Å². The molecule has 0 bridgehead atoms. The average Bonchev–Trinajstić information content (AvgIpc) is 2.60. The van der Waals surface area contributed by atoms with Gasteiger partial charge in [0.15, 0.2) is 0 Å². The number of furan rings is 1. The first-order valence-corrected chi connectivity index (χ1v) is 4.71. The van der Waals surface area contributed by atoms with Gasteiger partial charge in [0.05, 0.1) is 0 Å². The van der Waals surface area contributed by atoms with Crippen LogP contribution in [0.1, 0.15) is 16.1 Å². The number of aromatic carboxylic acids is 1. The van der Waals surface area contributed by atoms with E-state index in [0.29, 0.717) is 11.3 Å². The molecule has 0 atom stereocenters. The van der Waals surface area contributed by atoms with E-state index >= 15 is 0 Å². The van der Waals surface area contributed by atoms with Crippen LogP contribution in [0, 0.1) is 6.92 Å². The Bertz CT molecular complexity index is 540. The highest BCUT2D eigenvalue weighted by atomic mass is 16.4. The molecule has 1 aromatic heterocycles. The number of aryl methyl sites for hydroxylation is 1. The normalized spacial score (nSPS) is 10.3. The van der Waals surface area contributed by atoms with E-state index in [-0.39, 0.29) is 17.1 Å². The van der Waals surface area contributed by atoms with E-state index in [0.717, 1.165) is 0 Å². The molecule has 2 rings (SSSR count). The first kappa shape index (κ1) is 10.3. The lowest BCUT2D eigenvalue weighted by Crippen LogP contribution is -1.95. The summed E-state index contributed by atoms with van der Waals surface area (Å²) in [5, 5.41) is 18.3. The highest BCUT2D eigenvalue weighted by molar-refractivity contribution is 5.94. The van der Waals surface area contributed by atoms with Gasteiger partial charge in [0, 0.05) is 5.56 Å². The lowest BCUT2D eigenvalue weighted by molar-refractivity contribution is 0.0697. The van der Waals surface area contributed by atoms with Crippen LogP contribution in [-0.4, -0.2) is 16.2 Å². The smallest absolute Gasteiger partial charge is 0.339 e. The summed E-state index contributed by atoms with van der Waals surface area (Å²) in [4.78, 5) is 11.0. The van der Waals surface area contributed by atoms with Gasteiger partial charge in [-0.25, -0.2) is 4.79 Å². The Hall–Kier alpha value is -2.23. The maximum atomic E-state index is 11.0. The topological polar surface area (TPSA) is 70.7 Å². The quantitative estimate of drug-likeness (QED) is 0.812. The minimum atomic E-state index is -1.05. The zero-order chi connectivity index (χ0) is 11.7. The Labute approximate surface area is 91.8 Å². The molecule has 0 amide bonds. The molecule has 82 valence electrons. The number of rotatable bonds is 2. The predicted molar refractivity (Wildman–Crippen MR) is 57.5 cm³/mol. The number of hydrogen-bond acceptors (Lipinski definition) is 3. The van der Waals surface area contributed by atoms with Crippen molar-refractivity contribution in [2.75, 3.05) is 0 Å². The summed E-state index contributed by atoms with van der Waals surface area (Å²) in [6.07, 6.45) is 0. The Morgan fingerprint density at radius 2 is 2.06 bits per heavy atom. The van der Waals surface area contributed by atoms with E-state index in [9.17, 15) is 9.90 Å². The Morgan fingerprint density at radius 1 is 1.31 bits per heavy atom. The minimum Gasteiger partial charge on any atom is -0.508 e. The summed E-state index contributed by atoms with van der Waals surface area (Å²) >= 11 is 0. The molecule has 2 N–H and O–H groups in total. The van der Waals surface area contributed by atoms with Crippen LogP contribution in [-0.2, 0) is 0 Å². The van der Waals surface area contributed by atoms with Gasteiger partial charge in [-0.05, 0) is 25.1 Å². The van der Waals surface area contributed by atoms with Gasteiger partial charge in [0.2, 0.25) is 0 Å². The third kappa shape index (κ3) is 1.77. The highest BCUT2D eigenvalue weighted by Crippen LogP contribution is 2.29. The SMILES string of the molecule is Cc1cc(C(=O)O)c(-c2cccc(O)c2)o1. The van der Waals surface area contributed by atoms with Gasteiger partial charge >= 0.3 is 5.97 Å². The molecule has 1 heterocycles. The largest absolute Gasteiger partial charge is 0.508 e. The van der Waals surface area contributed by atoms with Gasteiger partial charge in [-0.2, -0.15) is 0 Å². The van der Waals surface area contributed by atoms with Crippen molar-refractivity contribution in [3.63, 3.8) is 0 Å². The number of aromatic hydroxyl groups is 1. The summed E-state index contributed by atoms with van der Waals surface area (Å²) in [6.45, 7) is 1.68. The van der Waals surface area contributed by atoms with Gasteiger partial charge < -0.3 is 14.6 Å². The fraction of sp³-hybridized carbons (Fsp3) is 0.0833. The van der Waals surface area contributed by atoms with E-state index < -0.39 is 5.97 Å². The number of phenolic OH excluding ortho intramolecular Hbond substituents is 1. The van der Waals surface area contributed by atoms with Crippen molar-refractivity contribution in [3.8, 4) is 17.1 Å². The Kier molecular flexibility index (Phi) is 2.40. The fourth-order valence-corrected chi connectivity index (χ4v) is 1.53. The molecule has 0 aliphatic carbocycles. The molecule has 0 fully saturated rings. The molecule has 0 unspecified atom stereocenters. The number of carboxylic acids is 1. The maximum absolute atomic E-state index is 11.0. The molecule has 0 aliphatic rings. The van der Waals surface area contributed by atoms with Crippen LogP contribution in [0.5, 0.6) is 5.75 Å². The third-order valence-electron chi connectivity index (χ3n) is 2.19. The molecule has 0 saturated carbocycles. The third-order valence-corrected chi connectivity index (χ3v) is 2.19. The number of carboxylic acid groups (broad SMARTS) is 1. The van der Waals surface area contributed by atoms with Crippen molar-refractivity contribution >= 4 is 5.97 Å². The van der Waals surface area contributed by atoms with Crippen LogP contribution in [0.4, 0.5) is 0 Å². The van der Waals surface area contributed by atoms with Crippen molar-refractivity contribution in [1.82, 2.24) is 0 Å². The van der Waals surface area contributed by atoms with Crippen molar-refractivity contribution < 1.29 is 19.4 Å². The van der Waals surface area contributed by atoms with Crippen molar-refractivity contribution in [3.05, 3.63) is 41.7 Å². The molecule has 0 aliphatic heterocycles. The van der Waals surface area contributed by atoms with E-state index in [1.165, 1.54) is 18.2 Å².